The fourth-order valence-electron chi connectivity index (χ4n) is 7.10. The Labute approximate surface area is 243 Å². The van der Waals surface area contributed by atoms with Crippen molar-refractivity contribution in [3.8, 4) is 11.3 Å². The van der Waals surface area contributed by atoms with E-state index in [0.717, 1.165) is 65.8 Å². The van der Waals surface area contributed by atoms with Crippen molar-refractivity contribution in [2.75, 3.05) is 26.2 Å². The second-order valence-corrected chi connectivity index (χ2v) is 12.2. The number of aromatic nitrogens is 1. The Kier molecular flexibility index (Phi) is 7.32. The first-order valence-electron chi connectivity index (χ1n) is 15.5. The normalized spacial score (nSPS) is 19.7. The third-order valence-electron chi connectivity index (χ3n) is 9.54. The van der Waals surface area contributed by atoms with Crippen LogP contribution in [-0.2, 0) is 12.1 Å². The highest BCUT2D eigenvalue weighted by Gasteiger charge is 2.46. The van der Waals surface area contributed by atoms with E-state index in [-0.39, 0.29) is 11.4 Å². The van der Waals surface area contributed by atoms with Gasteiger partial charge in [0, 0.05) is 29.1 Å². The van der Waals surface area contributed by atoms with Crippen molar-refractivity contribution in [2.24, 2.45) is 0 Å². The summed E-state index contributed by atoms with van der Waals surface area (Å²) in [7, 11) is 0. The molecule has 41 heavy (non-hydrogen) atoms. The maximum atomic E-state index is 14.4. The van der Waals surface area contributed by atoms with Gasteiger partial charge in [-0.3, -0.25) is 9.69 Å². The number of likely N-dealkylation sites (tertiary alicyclic amines) is 2. The molecule has 1 aliphatic carbocycles. The molecule has 2 saturated heterocycles. The van der Waals surface area contributed by atoms with E-state index in [1.165, 1.54) is 50.8 Å². The second kappa shape index (κ2) is 11.4. The lowest BCUT2D eigenvalue weighted by molar-refractivity contribution is 0.0881. The average molecular weight is 545 g/mol. The highest BCUT2D eigenvalue weighted by molar-refractivity contribution is 6.09. The molecule has 3 fully saturated rings. The number of benzene rings is 3. The highest BCUT2D eigenvalue weighted by Crippen LogP contribution is 2.46. The van der Waals surface area contributed by atoms with Crippen molar-refractivity contribution in [2.45, 2.75) is 63.1 Å². The van der Waals surface area contributed by atoms with E-state index in [4.69, 9.17) is 4.98 Å². The predicted octanol–water partition coefficient (Wildman–Crippen LogP) is 6.77. The van der Waals surface area contributed by atoms with Gasteiger partial charge in [0.25, 0.3) is 5.91 Å². The van der Waals surface area contributed by atoms with Crippen molar-refractivity contribution in [3.05, 3.63) is 102 Å². The standard InChI is InChI=1S/C36H40N4O/c41-35(38-36(20-21-36)28-14-6-2-7-15-28)33-30-16-8-9-17-32(30)37-34(27-12-4-1-5-13-27)31(33)26-39-24-18-29(19-25-39)40-22-10-3-11-23-40/h1-2,4-9,12-17,29H,3,10-11,18-26H2,(H,38,41). The Balaban J connectivity index is 1.25. The minimum atomic E-state index is -0.278. The maximum Gasteiger partial charge on any atom is 0.253 e. The molecule has 0 unspecified atom stereocenters. The van der Waals surface area contributed by atoms with E-state index in [1.54, 1.807) is 0 Å². The quantitative estimate of drug-likeness (QED) is 0.279. The fourth-order valence-corrected chi connectivity index (χ4v) is 7.10. The molecule has 0 radical (unpaired) electrons. The van der Waals surface area contributed by atoms with Crippen LogP contribution >= 0.6 is 0 Å². The summed E-state index contributed by atoms with van der Waals surface area (Å²) in [5.41, 5.74) is 5.61. The van der Waals surface area contributed by atoms with Crippen LogP contribution in [0.25, 0.3) is 22.2 Å². The molecule has 210 valence electrons. The van der Waals surface area contributed by atoms with Gasteiger partial charge in [-0.25, -0.2) is 4.98 Å². The summed E-state index contributed by atoms with van der Waals surface area (Å²) in [5.74, 6) is 0.0142. The van der Waals surface area contributed by atoms with E-state index in [9.17, 15) is 4.79 Å². The van der Waals surface area contributed by atoms with Crippen LogP contribution in [0.15, 0.2) is 84.9 Å². The fraction of sp³-hybridized carbons (Fsp3) is 0.389. The first kappa shape index (κ1) is 26.4. The van der Waals surface area contributed by atoms with E-state index in [0.29, 0.717) is 6.04 Å². The number of fused-ring (bicyclic) bond motifs is 1. The molecule has 5 heteroatoms. The van der Waals surface area contributed by atoms with E-state index in [2.05, 4.69) is 69.7 Å². The van der Waals surface area contributed by atoms with Gasteiger partial charge in [0.2, 0.25) is 0 Å². The van der Waals surface area contributed by atoms with Crippen LogP contribution in [0.4, 0.5) is 0 Å². The second-order valence-electron chi connectivity index (χ2n) is 12.2. The topological polar surface area (TPSA) is 48.5 Å². The Morgan fingerprint density at radius 3 is 2.17 bits per heavy atom. The van der Waals surface area contributed by atoms with Crippen LogP contribution in [0.3, 0.4) is 0 Å². The van der Waals surface area contributed by atoms with E-state index >= 15 is 0 Å². The van der Waals surface area contributed by atoms with Gasteiger partial charge in [0.05, 0.1) is 22.3 Å². The number of carbonyl (C=O) groups is 1. The third kappa shape index (κ3) is 5.41. The zero-order valence-corrected chi connectivity index (χ0v) is 23.9. The van der Waals surface area contributed by atoms with Crippen molar-refractivity contribution in [3.63, 3.8) is 0 Å². The Morgan fingerprint density at radius 2 is 1.46 bits per heavy atom. The molecule has 7 rings (SSSR count). The number of hydrogen-bond acceptors (Lipinski definition) is 4. The van der Waals surface area contributed by atoms with Crippen LogP contribution in [0, 0.1) is 0 Å². The largest absolute Gasteiger partial charge is 0.342 e. The number of rotatable bonds is 7. The van der Waals surface area contributed by atoms with Crippen LogP contribution in [-0.4, -0.2) is 52.9 Å². The number of pyridine rings is 1. The molecule has 1 amide bonds. The van der Waals surface area contributed by atoms with Gasteiger partial charge < -0.3 is 10.2 Å². The molecule has 3 heterocycles. The summed E-state index contributed by atoms with van der Waals surface area (Å²) in [6.45, 7) is 5.35. The van der Waals surface area contributed by atoms with Gasteiger partial charge in [0.15, 0.2) is 0 Å². The SMILES string of the molecule is O=C(NC1(c2ccccc2)CC1)c1c(CN2CCC(N3CCCCC3)CC2)c(-c2ccccc2)nc2ccccc12. The monoisotopic (exact) mass is 544 g/mol. The summed E-state index contributed by atoms with van der Waals surface area (Å²) < 4.78 is 0. The first-order chi connectivity index (χ1) is 20.2. The minimum absolute atomic E-state index is 0.0142. The number of piperidine rings is 2. The summed E-state index contributed by atoms with van der Waals surface area (Å²) in [6.07, 6.45) is 8.38. The average Bonchev–Trinajstić information content (AvgIpc) is 3.82. The summed E-state index contributed by atoms with van der Waals surface area (Å²) in [5, 5.41) is 4.44. The molecular formula is C36H40N4O. The molecule has 4 aromatic rings. The molecule has 0 atom stereocenters. The van der Waals surface area contributed by atoms with Crippen LogP contribution in [0.2, 0.25) is 0 Å². The van der Waals surface area contributed by atoms with Gasteiger partial charge in [-0.15, -0.1) is 0 Å². The van der Waals surface area contributed by atoms with Crippen molar-refractivity contribution in [1.29, 1.82) is 0 Å². The molecule has 1 N–H and O–H groups in total. The molecule has 2 aliphatic heterocycles. The van der Waals surface area contributed by atoms with Gasteiger partial charge >= 0.3 is 0 Å². The van der Waals surface area contributed by atoms with Crippen molar-refractivity contribution in [1.82, 2.24) is 20.1 Å². The minimum Gasteiger partial charge on any atom is -0.342 e. The molecule has 5 nitrogen and oxygen atoms in total. The lowest BCUT2D eigenvalue weighted by Crippen LogP contribution is -2.46. The van der Waals surface area contributed by atoms with Gasteiger partial charge in [0.1, 0.15) is 0 Å². The third-order valence-corrected chi connectivity index (χ3v) is 9.54. The molecule has 0 spiro atoms. The van der Waals surface area contributed by atoms with E-state index in [1.807, 2.05) is 30.3 Å². The maximum absolute atomic E-state index is 14.4. The lowest BCUT2D eigenvalue weighted by atomic mass is 9.93. The highest BCUT2D eigenvalue weighted by atomic mass is 16.1. The van der Waals surface area contributed by atoms with Gasteiger partial charge in [-0.05, 0) is 76.3 Å². The van der Waals surface area contributed by atoms with Crippen molar-refractivity contribution < 1.29 is 4.79 Å². The number of amides is 1. The van der Waals surface area contributed by atoms with E-state index < -0.39 is 0 Å². The zero-order chi connectivity index (χ0) is 27.6. The van der Waals surface area contributed by atoms with Crippen LogP contribution < -0.4 is 5.32 Å². The van der Waals surface area contributed by atoms with Crippen LogP contribution in [0.1, 0.15) is 66.4 Å². The zero-order valence-electron chi connectivity index (χ0n) is 23.9. The summed E-state index contributed by atoms with van der Waals surface area (Å²) >= 11 is 0. The van der Waals surface area contributed by atoms with Crippen LogP contribution in [0.5, 0.6) is 0 Å². The smallest absolute Gasteiger partial charge is 0.253 e. The predicted molar refractivity (Wildman–Crippen MR) is 166 cm³/mol. The summed E-state index contributed by atoms with van der Waals surface area (Å²) in [6, 6.07) is 29.7. The molecule has 1 saturated carbocycles. The number of nitrogens with one attached hydrogen (secondary N) is 1. The number of nitrogens with zero attached hydrogens (tertiary/aromatic N) is 3. The first-order valence-corrected chi connectivity index (χ1v) is 15.5. The molecule has 0 bridgehead atoms. The lowest BCUT2D eigenvalue weighted by Gasteiger charge is -2.40. The Bertz CT molecular complexity index is 1500. The van der Waals surface area contributed by atoms with Gasteiger partial charge in [-0.1, -0.05) is 85.3 Å². The molecule has 1 aromatic heterocycles. The molecule has 3 aliphatic rings. The molecular weight excluding hydrogens is 504 g/mol. The van der Waals surface area contributed by atoms with Gasteiger partial charge in [-0.2, -0.15) is 0 Å². The number of hydrogen-bond donors (Lipinski definition) is 1. The summed E-state index contributed by atoms with van der Waals surface area (Å²) in [4.78, 5) is 24.9. The number of para-hydroxylation sites is 1. The molecule has 3 aromatic carbocycles. The van der Waals surface area contributed by atoms with Crippen molar-refractivity contribution >= 4 is 16.8 Å². The Morgan fingerprint density at radius 1 is 0.805 bits per heavy atom. The Hall–Kier alpha value is -3.54. The number of carbonyl (C=O) groups excluding carboxylic acids is 1.